The van der Waals surface area contributed by atoms with Gasteiger partial charge in [0.05, 0.1) is 30.1 Å². The highest BCUT2D eigenvalue weighted by Gasteiger charge is 2.17. The number of aromatic nitrogens is 1. The van der Waals surface area contributed by atoms with Gasteiger partial charge in [-0.2, -0.15) is 0 Å². The number of hydrogen-bond donors (Lipinski definition) is 2. The van der Waals surface area contributed by atoms with Gasteiger partial charge in [-0.1, -0.05) is 23.7 Å². The minimum absolute atomic E-state index is 0.0916. The molecule has 2 aromatic heterocycles. The molecule has 7 nitrogen and oxygen atoms in total. The number of nitrogens with one attached hydrogen (secondary N) is 1. The number of methoxy groups -OCH3 is 1. The van der Waals surface area contributed by atoms with E-state index in [1.807, 2.05) is 25.1 Å². The van der Waals surface area contributed by atoms with Gasteiger partial charge in [0.1, 0.15) is 11.3 Å². The number of carbonyl (C=O) groups excluding carboxylic acids is 1. The summed E-state index contributed by atoms with van der Waals surface area (Å²) in [4.78, 5) is 22.1. The highest BCUT2D eigenvalue weighted by Crippen LogP contribution is 2.29. The van der Waals surface area contributed by atoms with Crippen molar-refractivity contribution in [3.8, 4) is 5.75 Å². The fraction of sp³-hybridized carbons (Fsp3) is 0.160. The smallest absolute Gasteiger partial charge is 0.261 e. The zero-order valence-electron chi connectivity index (χ0n) is 18.3. The molecule has 4 aromatic rings. The number of nitrogens with zero attached hydrogens (tertiary/aromatic N) is 2. The Morgan fingerprint density at radius 2 is 2.03 bits per heavy atom. The molecule has 8 heteroatoms. The first kappa shape index (κ1) is 22.5. The second-order valence-electron chi connectivity index (χ2n) is 7.49. The largest absolute Gasteiger partial charge is 0.495 e. The van der Waals surface area contributed by atoms with Gasteiger partial charge < -0.3 is 19.6 Å². The molecule has 2 N–H and O–H groups in total. The maximum absolute atomic E-state index is 13.3. The maximum atomic E-state index is 13.3. The standard InChI is InChI=1S/C25H22ClN3O4/c1-14-5-4-6-17(9-14)28-24(31)20-11-19-16(13-30)12-27-15(2)23(19)33-25(20)29-18-7-8-22(32-3)21(26)10-18/h4-12,30H,13H2,1-3H3,(H,28,31). The second-order valence-corrected chi connectivity index (χ2v) is 7.90. The molecule has 0 bridgehead atoms. The molecule has 2 aromatic carbocycles. The van der Waals surface area contributed by atoms with Gasteiger partial charge in [-0.3, -0.25) is 9.78 Å². The molecule has 0 aliphatic carbocycles. The van der Waals surface area contributed by atoms with Gasteiger partial charge in [-0.15, -0.1) is 0 Å². The number of aryl methyl sites for hydroxylation is 2. The fourth-order valence-corrected chi connectivity index (χ4v) is 3.68. The van der Waals surface area contributed by atoms with Gasteiger partial charge >= 0.3 is 0 Å². The third-order valence-electron chi connectivity index (χ3n) is 5.11. The van der Waals surface area contributed by atoms with Gasteiger partial charge in [0.25, 0.3) is 5.91 Å². The highest BCUT2D eigenvalue weighted by atomic mass is 35.5. The minimum atomic E-state index is -0.400. The molecule has 4 rings (SSSR count). The number of anilines is 1. The SMILES string of the molecule is COc1ccc(N=c2oc3c(C)ncc(CO)c3cc2C(=O)Nc2cccc(C)c2)cc1Cl. The molecule has 0 aliphatic heterocycles. The average Bonchev–Trinajstić information content (AvgIpc) is 2.79. The summed E-state index contributed by atoms with van der Waals surface area (Å²) in [5, 5.41) is 13.6. The normalized spacial score (nSPS) is 11.6. The zero-order chi connectivity index (χ0) is 23.5. The quantitative estimate of drug-likeness (QED) is 0.430. The first-order valence-corrected chi connectivity index (χ1v) is 10.6. The second kappa shape index (κ2) is 9.44. The summed E-state index contributed by atoms with van der Waals surface area (Å²) in [6.07, 6.45) is 1.56. The molecule has 33 heavy (non-hydrogen) atoms. The zero-order valence-corrected chi connectivity index (χ0v) is 19.1. The molecule has 1 amide bonds. The van der Waals surface area contributed by atoms with Crippen molar-refractivity contribution in [2.45, 2.75) is 20.5 Å². The Kier molecular flexibility index (Phi) is 6.44. The Balaban J connectivity index is 1.92. The lowest BCUT2D eigenvalue weighted by Crippen LogP contribution is -2.22. The van der Waals surface area contributed by atoms with E-state index in [0.29, 0.717) is 44.4 Å². The summed E-state index contributed by atoms with van der Waals surface area (Å²) in [6, 6.07) is 14.1. The number of aliphatic hydroxyl groups excluding tert-OH is 1. The van der Waals surface area contributed by atoms with E-state index in [0.717, 1.165) is 5.56 Å². The Hall–Kier alpha value is -3.68. The van der Waals surface area contributed by atoms with Crippen LogP contribution in [-0.4, -0.2) is 23.1 Å². The van der Waals surface area contributed by atoms with E-state index < -0.39 is 5.91 Å². The van der Waals surface area contributed by atoms with Crippen LogP contribution in [0.2, 0.25) is 5.02 Å². The van der Waals surface area contributed by atoms with Crippen molar-refractivity contribution in [3.05, 3.63) is 87.7 Å². The number of hydrogen-bond acceptors (Lipinski definition) is 6. The molecule has 0 aliphatic rings. The van der Waals surface area contributed by atoms with Crippen molar-refractivity contribution < 1.29 is 19.1 Å². The van der Waals surface area contributed by atoms with Crippen LogP contribution in [0.1, 0.15) is 27.2 Å². The van der Waals surface area contributed by atoms with Crippen LogP contribution in [-0.2, 0) is 6.61 Å². The molecule has 0 saturated carbocycles. The van der Waals surface area contributed by atoms with Crippen LogP contribution in [0.15, 0.2) is 64.1 Å². The number of carbonyl (C=O) groups is 1. The molecular formula is C25H22ClN3O4. The predicted octanol–water partition coefficient (Wildman–Crippen LogP) is 5.08. The Bertz CT molecular complexity index is 1430. The first-order valence-electron chi connectivity index (χ1n) is 10.2. The van der Waals surface area contributed by atoms with Crippen LogP contribution >= 0.6 is 11.6 Å². The van der Waals surface area contributed by atoms with Gasteiger partial charge in [0, 0.05) is 22.8 Å². The lowest BCUT2D eigenvalue weighted by Gasteiger charge is -2.10. The van der Waals surface area contributed by atoms with Crippen molar-refractivity contribution in [1.29, 1.82) is 0 Å². The molecule has 0 radical (unpaired) electrons. The van der Waals surface area contributed by atoms with Gasteiger partial charge in [0.2, 0.25) is 5.55 Å². The predicted molar refractivity (Wildman–Crippen MR) is 127 cm³/mol. The van der Waals surface area contributed by atoms with Crippen LogP contribution < -0.4 is 15.6 Å². The van der Waals surface area contributed by atoms with E-state index in [1.165, 1.54) is 7.11 Å². The Labute approximate surface area is 195 Å². The van der Waals surface area contributed by atoms with Crippen molar-refractivity contribution in [2.75, 3.05) is 12.4 Å². The molecule has 168 valence electrons. The number of rotatable bonds is 5. The number of pyridine rings is 1. The molecule has 0 spiro atoms. The van der Waals surface area contributed by atoms with Gasteiger partial charge in [-0.05, 0) is 55.8 Å². The molecule has 0 atom stereocenters. The molecular weight excluding hydrogens is 442 g/mol. The lowest BCUT2D eigenvalue weighted by molar-refractivity contribution is 0.102. The average molecular weight is 464 g/mol. The van der Waals surface area contributed by atoms with E-state index in [2.05, 4.69) is 15.3 Å². The maximum Gasteiger partial charge on any atom is 0.261 e. The van der Waals surface area contributed by atoms with E-state index in [9.17, 15) is 9.90 Å². The Morgan fingerprint density at radius 3 is 2.73 bits per heavy atom. The van der Waals surface area contributed by atoms with Crippen molar-refractivity contribution in [2.24, 2.45) is 4.99 Å². The summed E-state index contributed by atoms with van der Waals surface area (Å²) >= 11 is 6.25. The van der Waals surface area contributed by atoms with Gasteiger partial charge in [-0.25, -0.2) is 4.99 Å². The third kappa shape index (κ3) is 4.74. The summed E-state index contributed by atoms with van der Waals surface area (Å²) in [5.74, 6) is 0.110. The lowest BCUT2D eigenvalue weighted by atomic mass is 10.1. The number of amides is 1. The van der Waals surface area contributed by atoms with Crippen molar-refractivity contribution in [3.63, 3.8) is 0 Å². The highest BCUT2D eigenvalue weighted by molar-refractivity contribution is 6.32. The number of halogens is 1. The number of fused-ring (bicyclic) bond motifs is 1. The minimum Gasteiger partial charge on any atom is -0.495 e. The number of aliphatic hydroxyl groups is 1. The number of benzene rings is 2. The van der Waals surface area contributed by atoms with Gasteiger partial charge in [0.15, 0.2) is 5.58 Å². The third-order valence-corrected chi connectivity index (χ3v) is 5.40. The van der Waals surface area contributed by atoms with Crippen LogP contribution in [0, 0.1) is 13.8 Å². The van der Waals surface area contributed by atoms with E-state index >= 15 is 0 Å². The topological polar surface area (TPSA) is 97.0 Å². The first-order chi connectivity index (χ1) is 15.9. The molecule has 0 fully saturated rings. The number of ether oxygens (including phenoxy) is 1. The van der Waals surface area contributed by atoms with Crippen LogP contribution in [0.5, 0.6) is 5.75 Å². The van der Waals surface area contributed by atoms with E-state index in [-0.39, 0.29) is 17.7 Å². The van der Waals surface area contributed by atoms with Crippen LogP contribution in [0.3, 0.4) is 0 Å². The summed E-state index contributed by atoms with van der Waals surface area (Å²) in [5.41, 5.74) is 4.03. The van der Waals surface area contributed by atoms with Crippen molar-refractivity contribution in [1.82, 2.24) is 4.98 Å². The van der Waals surface area contributed by atoms with E-state index in [4.69, 9.17) is 20.8 Å². The summed E-state index contributed by atoms with van der Waals surface area (Å²) in [6.45, 7) is 3.48. The van der Waals surface area contributed by atoms with E-state index in [1.54, 1.807) is 43.5 Å². The Morgan fingerprint density at radius 1 is 1.21 bits per heavy atom. The molecule has 0 unspecified atom stereocenters. The summed E-state index contributed by atoms with van der Waals surface area (Å²) in [7, 11) is 1.53. The fourth-order valence-electron chi connectivity index (χ4n) is 3.42. The van der Waals surface area contributed by atoms with Crippen molar-refractivity contribution >= 4 is 39.9 Å². The van der Waals surface area contributed by atoms with Crippen LogP contribution in [0.25, 0.3) is 11.0 Å². The molecule has 2 heterocycles. The summed E-state index contributed by atoms with van der Waals surface area (Å²) < 4.78 is 11.3. The van der Waals surface area contributed by atoms with Crippen LogP contribution in [0.4, 0.5) is 11.4 Å². The monoisotopic (exact) mass is 463 g/mol. The molecule has 0 saturated heterocycles.